The van der Waals surface area contributed by atoms with Crippen molar-refractivity contribution < 1.29 is 28.6 Å². The minimum absolute atomic E-state index is 0.0550. The Labute approximate surface area is 209 Å². The second-order valence-corrected chi connectivity index (χ2v) is 8.65. The van der Waals surface area contributed by atoms with Crippen molar-refractivity contribution in [3.63, 3.8) is 0 Å². The summed E-state index contributed by atoms with van der Waals surface area (Å²) < 4.78 is 17.3. The number of piperidine rings is 1. The number of ether oxygens (including phenoxy) is 3. The number of benzene rings is 2. The van der Waals surface area contributed by atoms with Crippen molar-refractivity contribution in [1.82, 2.24) is 14.7 Å². The molecule has 1 amide bonds. The average Bonchev–Trinajstić information content (AvgIpc) is 3.32. The Kier molecular flexibility index (Phi) is 7.68. The standard InChI is InChI=1S/C27H29N3O6/c1-18-13-15-29(16-14-18)22(31)17-36-21-12-8-7-11-20(21)24-23(26(32)34-2)25(27(33)35-3)30(28-24)19-9-5-4-6-10-19/h4-12,18H,13-17H2,1-3H3. The summed E-state index contributed by atoms with van der Waals surface area (Å²) in [5.41, 5.74) is 1.06. The normalized spacial score (nSPS) is 13.8. The molecule has 0 spiro atoms. The molecular formula is C27H29N3O6. The van der Waals surface area contributed by atoms with E-state index in [0.29, 0.717) is 36.0 Å². The summed E-state index contributed by atoms with van der Waals surface area (Å²) >= 11 is 0. The molecule has 9 heteroatoms. The summed E-state index contributed by atoms with van der Waals surface area (Å²) in [4.78, 5) is 40.3. The van der Waals surface area contributed by atoms with Crippen molar-refractivity contribution >= 4 is 17.8 Å². The molecule has 0 unspecified atom stereocenters. The van der Waals surface area contributed by atoms with Gasteiger partial charge in [-0.05, 0) is 43.0 Å². The SMILES string of the molecule is COC(=O)c1c(-c2ccccc2OCC(=O)N2CCC(C)CC2)nn(-c2ccccc2)c1C(=O)OC. The number of aromatic nitrogens is 2. The van der Waals surface area contributed by atoms with Crippen LogP contribution in [0, 0.1) is 5.92 Å². The molecule has 2 aromatic carbocycles. The van der Waals surface area contributed by atoms with Crippen LogP contribution in [0.25, 0.3) is 16.9 Å². The van der Waals surface area contributed by atoms with Crippen molar-refractivity contribution in [1.29, 1.82) is 0 Å². The van der Waals surface area contributed by atoms with Crippen LogP contribution in [0.3, 0.4) is 0 Å². The van der Waals surface area contributed by atoms with E-state index in [9.17, 15) is 14.4 Å². The van der Waals surface area contributed by atoms with Crippen molar-refractivity contribution in [2.75, 3.05) is 33.9 Å². The third kappa shape index (κ3) is 5.10. The smallest absolute Gasteiger partial charge is 0.357 e. The van der Waals surface area contributed by atoms with E-state index in [2.05, 4.69) is 12.0 Å². The lowest BCUT2D eigenvalue weighted by atomic mass is 9.99. The van der Waals surface area contributed by atoms with Crippen LogP contribution in [0.15, 0.2) is 54.6 Å². The third-order valence-corrected chi connectivity index (χ3v) is 6.28. The van der Waals surface area contributed by atoms with Gasteiger partial charge in [0.1, 0.15) is 17.0 Å². The first-order chi connectivity index (χ1) is 17.4. The second kappa shape index (κ2) is 11.1. The molecule has 1 aliphatic rings. The van der Waals surface area contributed by atoms with E-state index in [-0.39, 0.29) is 29.5 Å². The minimum atomic E-state index is -0.749. The maximum absolute atomic E-state index is 12.9. The van der Waals surface area contributed by atoms with E-state index in [1.165, 1.54) is 18.9 Å². The number of rotatable bonds is 7. The van der Waals surface area contributed by atoms with Gasteiger partial charge in [0.15, 0.2) is 12.3 Å². The highest BCUT2D eigenvalue weighted by Crippen LogP contribution is 2.35. The van der Waals surface area contributed by atoms with E-state index < -0.39 is 11.9 Å². The van der Waals surface area contributed by atoms with Gasteiger partial charge in [-0.25, -0.2) is 14.3 Å². The van der Waals surface area contributed by atoms with Crippen molar-refractivity contribution in [2.45, 2.75) is 19.8 Å². The lowest BCUT2D eigenvalue weighted by Crippen LogP contribution is -2.40. The Morgan fingerprint density at radius 2 is 1.56 bits per heavy atom. The molecular weight excluding hydrogens is 462 g/mol. The number of hydrogen-bond acceptors (Lipinski definition) is 7. The molecule has 1 saturated heterocycles. The zero-order valence-corrected chi connectivity index (χ0v) is 20.6. The van der Waals surface area contributed by atoms with E-state index in [0.717, 1.165) is 12.8 Å². The van der Waals surface area contributed by atoms with Crippen molar-refractivity contribution in [3.8, 4) is 22.7 Å². The maximum Gasteiger partial charge on any atom is 0.357 e. The second-order valence-electron chi connectivity index (χ2n) is 8.65. The molecule has 0 bridgehead atoms. The Balaban J connectivity index is 1.75. The predicted molar refractivity (Wildman–Crippen MR) is 132 cm³/mol. The number of para-hydroxylation sites is 2. The number of carbonyl (C=O) groups excluding carboxylic acids is 3. The van der Waals surface area contributed by atoms with Crippen LogP contribution in [0.1, 0.15) is 40.6 Å². The van der Waals surface area contributed by atoms with Crippen molar-refractivity contribution in [3.05, 3.63) is 65.9 Å². The van der Waals surface area contributed by atoms with Crippen LogP contribution in [0.4, 0.5) is 0 Å². The minimum Gasteiger partial charge on any atom is -0.483 e. The van der Waals surface area contributed by atoms with Gasteiger partial charge in [-0.1, -0.05) is 37.3 Å². The molecule has 0 atom stereocenters. The summed E-state index contributed by atoms with van der Waals surface area (Å²) in [7, 11) is 2.46. The summed E-state index contributed by atoms with van der Waals surface area (Å²) in [5.74, 6) is -0.631. The Bertz CT molecular complexity index is 1250. The summed E-state index contributed by atoms with van der Waals surface area (Å²) in [6.45, 7) is 3.45. The first kappa shape index (κ1) is 25.0. The molecule has 1 aromatic heterocycles. The molecule has 0 radical (unpaired) electrons. The molecule has 0 N–H and O–H groups in total. The highest BCUT2D eigenvalue weighted by Gasteiger charge is 2.32. The molecule has 4 rings (SSSR count). The Hall–Kier alpha value is -4.14. The lowest BCUT2D eigenvalue weighted by molar-refractivity contribution is -0.134. The average molecular weight is 492 g/mol. The van der Waals surface area contributed by atoms with Crippen molar-refractivity contribution in [2.24, 2.45) is 5.92 Å². The Morgan fingerprint density at radius 1 is 0.917 bits per heavy atom. The van der Waals surface area contributed by atoms with E-state index in [4.69, 9.17) is 14.2 Å². The largest absolute Gasteiger partial charge is 0.483 e. The molecule has 0 aliphatic carbocycles. The van der Waals surface area contributed by atoms with Crippen LogP contribution in [0.2, 0.25) is 0 Å². The van der Waals surface area contributed by atoms with Gasteiger partial charge in [0.2, 0.25) is 0 Å². The molecule has 2 heterocycles. The molecule has 9 nitrogen and oxygen atoms in total. The zero-order chi connectivity index (χ0) is 25.7. The summed E-state index contributed by atoms with van der Waals surface area (Å²) in [5, 5.41) is 4.61. The topological polar surface area (TPSA) is 100.0 Å². The number of hydrogen-bond donors (Lipinski definition) is 0. The highest BCUT2D eigenvalue weighted by atomic mass is 16.5. The fourth-order valence-electron chi connectivity index (χ4n) is 4.22. The summed E-state index contributed by atoms with van der Waals surface area (Å²) in [6, 6.07) is 15.9. The number of carbonyl (C=O) groups is 3. The van der Waals surface area contributed by atoms with E-state index >= 15 is 0 Å². The molecule has 1 aliphatic heterocycles. The number of methoxy groups -OCH3 is 2. The fourth-order valence-corrected chi connectivity index (χ4v) is 4.22. The van der Waals surface area contributed by atoms with Crippen LogP contribution in [0.5, 0.6) is 5.75 Å². The van der Waals surface area contributed by atoms with Gasteiger partial charge in [0, 0.05) is 18.7 Å². The van der Waals surface area contributed by atoms with Crippen LogP contribution in [-0.4, -0.2) is 66.4 Å². The van der Waals surface area contributed by atoms with Gasteiger partial charge in [0.25, 0.3) is 5.91 Å². The first-order valence-electron chi connectivity index (χ1n) is 11.8. The number of amides is 1. The predicted octanol–water partition coefficient (Wildman–Crippen LogP) is 3.75. The first-order valence-corrected chi connectivity index (χ1v) is 11.8. The van der Waals surface area contributed by atoms with Gasteiger partial charge < -0.3 is 19.1 Å². The number of esters is 2. The van der Waals surface area contributed by atoms with E-state index in [1.807, 2.05) is 11.0 Å². The van der Waals surface area contributed by atoms with Crippen LogP contribution in [-0.2, 0) is 14.3 Å². The highest BCUT2D eigenvalue weighted by molar-refractivity contribution is 6.07. The van der Waals surface area contributed by atoms with E-state index in [1.54, 1.807) is 48.5 Å². The van der Waals surface area contributed by atoms with Crippen LogP contribution < -0.4 is 4.74 Å². The van der Waals surface area contributed by atoms with Gasteiger partial charge in [-0.15, -0.1) is 0 Å². The quantitative estimate of drug-likeness (QED) is 0.464. The molecule has 36 heavy (non-hydrogen) atoms. The zero-order valence-electron chi connectivity index (χ0n) is 20.6. The maximum atomic E-state index is 12.9. The number of nitrogens with zero attached hydrogens (tertiary/aromatic N) is 3. The molecule has 3 aromatic rings. The lowest BCUT2D eigenvalue weighted by Gasteiger charge is -2.30. The Morgan fingerprint density at radius 3 is 2.22 bits per heavy atom. The molecule has 0 saturated carbocycles. The van der Waals surface area contributed by atoms with Gasteiger partial charge in [0.05, 0.1) is 19.9 Å². The molecule has 1 fully saturated rings. The van der Waals surface area contributed by atoms with Gasteiger partial charge in [-0.3, -0.25) is 4.79 Å². The van der Waals surface area contributed by atoms with Crippen LogP contribution >= 0.6 is 0 Å². The third-order valence-electron chi connectivity index (χ3n) is 6.28. The van der Waals surface area contributed by atoms with Gasteiger partial charge >= 0.3 is 11.9 Å². The monoisotopic (exact) mass is 491 g/mol. The molecule has 188 valence electrons. The fraction of sp³-hybridized carbons (Fsp3) is 0.333. The number of likely N-dealkylation sites (tertiary alicyclic amines) is 1. The van der Waals surface area contributed by atoms with Gasteiger partial charge in [-0.2, -0.15) is 5.10 Å². The summed E-state index contributed by atoms with van der Waals surface area (Å²) in [6.07, 6.45) is 1.94.